The van der Waals surface area contributed by atoms with Crippen molar-refractivity contribution in [3.8, 4) is 0 Å². The molecule has 0 aliphatic carbocycles. The zero-order chi connectivity index (χ0) is 19.3. The van der Waals surface area contributed by atoms with Crippen molar-refractivity contribution in [2.75, 3.05) is 10.8 Å². The third kappa shape index (κ3) is 4.75. The second-order valence-electron chi connectivity index (χ2n) is 5.44. The Balaban J connectivity index is 2.57. The van der Waals surface area contributed by atoms with E-state index in [9.17, 15) is 8.42 Å². The molecule has 0 aliphatic rings. The standard InChI is InChI=1S/C16H15Cl3N4O2S/c1-11(8-9-21-22-20)23(16-10-13(18)4-7-15(16)19)26(24,25)14-5-2-12(17)3-6-14/h2-7,10-11H,8-9H2,1H3. The topological polar surface area (TPSA) is 86.1 Å². The summed E-state index contributed by atoms with van der Waals surface area (Å²) >= 11 is 18.2. The van der Waals surface area contributed by atoms with Gasteiger partial charge < -0.3 is 0 Å². The lowest BCUT2D eigenvalue weighted by molar-refractivity contribution is 0.573. The molecule has 0 fully saturated rings. The summed E-state index contributed by atoms with van der Waals surface area (Å²) in [6.07, 6.45) is 0.305. The fourth-order valence-corrected chi connectivity index (χ4v) is 4.63. The molecule has 0 heterocycles. The summed E-state index contributed by atoms with van der Waals surface area (Å²) in [5.74, 6) is 0. The lowest BCUT2D eigenvalue weighted by atomic mass is 10.2. The second-order valence-corrected chi connectivity index (χ2v) is 8.54. The van der Waals surface area contributed by atoms with Crippen LogP contribution in [0.25, 0.3) is 10.4 Å². The molecule has 0 spiro atoms. The predicted octanol–water partition coefficient (Wildman–Crippen LogP) is 5.93. The van der Waals surface area contributed by atoms with Gasteiger partial charge in [0.15, 0.2) is 0 Å². The Morgan fingerprint density at radius 2 is 1.73 bits per heavy atom. The van der Waals surface area contributed by atoms with Crippen molar-refractivity contribution < 1.29 is 8.42 Å². The summed E-state index contributed by atoms with van der Waals surface area (Å²) in [4.78, 5) is 2.76. The van der Waals surface area contributed by atoms with Gasteiger partial charge in [0.05, 0.1) is 15.6 Å². The first-order valence-electron chi connectivity index (χ1n) is 7.53. The van der Waals surface area contributed by atoms with Crippen LogP contribution in [0.1, 0.15) is 13.3 Å². The van der Waals surface area contributed by atoms with Crippen LogP contribution in [0.2, 0.25) is 15.1 Å². The van der Waals surface area contributed by atoms with E-state index in [-0.39, 0.29) is 22.2 Å². The van der Waals surface area contributed by atoms with Gasteiger partial charge >= 0.3 is 0 Å². The van der Waals surface area contributed by atoms with Crippen LogP contribution in [0.5, 0.6) is 0 Å². The van der Waals surface area contributed by atoms with Crippen molar-refractivity contribution >= 4 is 50.5 Å². The highest BCUT2D eigenvalue weighted by Gasteiger charge is 2.31. The van der Waals surface area contributed by atoms with E-state index in [1.807, 2.05) is 0 Å². The van der Waals surface area contributed by atoms with Crippen LogP contribution in [-0.2, 0) is 10.0 Å². The highest BCUT2D eigenvalue weighted by molar-refractivity contribution is 7.92. The summed E-state index contributed by atoms with van der Waals surface area (Å²) in [6, 6.07) is 9.90. The quantitative estimate of drug-likeness (QED) is 0.308. The highest BCUT2D eigenvalue weighted by Crippen LogP contribution is 2.35. The van der Waals surface area contributed by atoms with Crippen LogP contribution in [0.3, 0.4) is 0 Å². The molecular formula is C16H15Cl3N4O2S. The number of rotatable bonds is 7. The summed E-state index contributed by atoms with van der Waals surface area (Å²) in [5, 5.41) is 4.49. The maximum atomic E-state index is 13.3. The summed E-state index contributed by atoms with van der Waals surface area (Å²) in [7, 11) is -3.95. The SMILES string of the molecule is CC(CCN=[N+]=[N-])N(c1cc(Cl)ccc1Cl)S(=O)(=O)c1ccc(Cl)cc1. The molecule has 0 bridgehead atoms. The molecule has 1 unspecified atom stereocenters. The van der Waals surface area contributed by atoms with Crippen molar-refractivity contribution in [2.45, 2.75) is 24.3 Å². The van der Waals surface area contributed by atoms with Crippen molar-refractivity contribution in [3.05, 3.63) is 68.0 Å². The van der Waals surface area contributed by atoms with E-state index in [1.165, 1.54) is 40.7 Å². The Morgan fingerprint density at radius 1 is 1.12 bits per heavy atom. The number of halogens is 3. The number of hydrogen-bond acceptors (Lipinski definition) is 3. The molecule has 0 saturated carbocycles. The Bertz CT molecular complexity index is 929. The molecule has 0 N–H and O–H groups in total. The van der Waals surface area contributed by atoms with Crippen LogP contribution in [0.15, 0.2) is 52.5 Å². The lowest BCUT2D eigenvalue weighted by Gasteiger charge is -2.31. The van der Waals surface area contributed by atoms with Gasteiger partial charge in [-0.1, -0.05) is 39.9 Å². The van der Waals surface area contributed by atoms with Gasteiger partial charge in [-0.25, -0.2) is 8.42 Å². The Labute approximate surface area is 167 Å². The molecule has 26 heavy (non-hydrogen) atoms. The Morgan fingerprint density at radius 3 is 2.35 bits per heavy atom. The van der Waals surface area contributed by atoms with Gasteiger partial charge in [0.25, 0.3) is 10.0 Å². The van der Waals surface area contributed by atoms with E-state index >= 15 is 0 Å². The van der Waals surface area contributed by atoms with E-state index in [2.05, 4.69) is 10.0 Å². The van der Waals surface area contributed by atoms with Gasteiger partial charge in [-0.2, -0.15) is 0 Å². The summed E-state index contributed by atoms with van der Waals surface area (Å²) in [5.41, 5.74) is 8.71. The molecule has 0 aliphatic heterocycles. The molecule has 2 aromatic rings. The van der Waals surface area contributed by atoms with Crippen molar-refractivity contribution in [3.63, 3.8) is 0 Å². The maximum absolute atomic E-state index is 13.3. The molecule has 1 atom stereocenters. The molecular weight excluding hydrogens is 419 g/mol. The number of nitrogens with zero attached hydrogens (tertiary/aromatic N) is 4. The summed E-state index contributed by atoms with van der Waals surface area (Å²) in [6.45, 7) is 1.85. The fourth-order valence-electron chi connectivity index (χ4n) is 2.39. The van der Waals surface area contributed by atoms with Crippen LogP contribution >= 0.6 is 34.8 Å². The van der Waals surface area contributed by atoms with Gasteiger partial charge in [-0.05, 0) is 61.3 Å². The largest absolute Gasteiger partial charge is 0.264 e. The van der Waals surface area contributed by atoms with Crippen molar-refractivity contribution in [1.29, 1.82) is 0 Å². The smallest absolute Gasteiger partial charge is 0.262 e. The van der Waals surface area contributed by atoms with Gasteiger partial charge in [-0.15, -0.1) is 0 Å². The van der Waals surface area contributed by atoms with Gasteiger partial charge in [0.1, 0.15) is 0 Å². The first-order chi connectivity index (χ1) is 12.3. The zero-order valence-corrected chi connectivity index (χ0v) is 16.8. The highest BCUT2D eigenvalue weighted by atomic mass is 35.5. The van der Waals surface area contributed by atoms with Gasteiger partial charge in [0.2, 0.25) is 0 Å². The van der Waals surface area contributed by atoms with E-state index in [0.29, 0.717) is 16.5 Å². The Hall–Kier alpha value is -1.63. The number of hydrogen-bond donors (Lipinski definition) is 0. The molecule has 10 heteroatoms. The molecule has 2 rings (SSSR count). The van der Waals surface area contributed by atoms with E-state index in [0.717, 1.165) is 0 Å². The third-order valence-electron chi connectivity index (χ3n) is 3.63. The van der Waals surface area contributed by atoms with Gasteiger partial charge in [-0.3, -0.25) is 4.31 Å². The first kappa shape index (κ1) is 20.7. The van der Waals surface area contributed by atoms with Crippen molar-refractivity contribution in [1.82, 2.24) is 0 Å². The van der Waals surface area contributed by atoms with Crippen LogP contribution in [-0.4, -0.2) is 21.0 Å². The van der Waals surface area contributed by atoms with Crippen molar-refractivity contribution in [2.24, 2.45) is 5.11 Å². The van der Waals surface area contributed by atoms with Crippen LogP contribution in [0, 0.1) is 0 Å². The average molecular weight is 434 g/mol. The zero-order valence-electron chi connectivity index (χ0n) is 13.7. The predicted molar refractivity (Wildman–Crippen MR) is 106 cm³/mol. The van der Waals surface area contributed by atoms with Gasteiger partial charge in [0, 0.05) is 27.5 Å². The molecule has 138 valence electrons. The normalized spacial score (nSPS) is 12.3. The maximum Gasteiger partial charge on any atom is 0.264 e. The van der Waals surface area contributed by atoms with E-state index < -0.39 is 16.1 Å². The molecule has 0 aromatic heterocycles. The molecule has 2 aromatic carbocycles. The molecule has 6 nitrogen and oxygen atoms in total. The summed E-state index contributed by atoms with van der Waals surface area (Å²) < 4.78 is 27.7. The number of benzene rings is 2. The minimum atomic E-state index is -3.95. The monoisotopic (exact) mass is 432 g/mol. The van der Waals surface area contributed by atoms with Crippen LogP contribution in [0.4, 0.5) is 5.69 Å². The average Bonchev–Trinajstić information content (AvgIpc) is 2.58. The van der Waals surface area contributed by atoms with Crippen LogP contribution < -0.4 is 4.31 Å². The lowest BCUT2D eigenvalue weighted by Crippen LogP contribution is -2.39. The Kier molecular flexibility index (Phi) is 7.03. The number of sulfonamides is 1. The fraction of sp³-hybridized carbons (Fsp3) is 0.250. The minimum absolute atomic E-state index is 0.0635. The molecule has 0 amide bonds. The number of azide groups is 1. The third-order valence-corrected chi connectivity index (χ3v) is 6.38. The molecule has 0 saturated heterocycles. The van der Waals surface area contributed by atoms with E-state index in [4.69, 9.17) is 40.3 Å². The molecule has 0 radical (unpaired) electrons. The number of anilines is 1. The minimum Gasteiger partial charge on any atom is -0.262 e. The van der Waals surface area contributed by atoms with E-state index in [1.54, 1.807) is 13.0 Å². The second kappa shape index (κ2) is 8.84. The first-order valence-corrected chi connectivity index (χ1v) is 10.1.